The highest BCUT2D eigenvalue weighted by molar-refractivity contribution is 5.85. The molecule has 0 saturated heterocycles. The molecule has 0 bridgehead atoms. The average molecular weight is 250 g/mol. The molecule has 2 atom stereocenters. The van der Waals surface area contributed by atoms with Gasteiger partial charge in [-0.3, -0.25) is 0 Å². The maximum atomic E-state index is 11.9. The summed E-state index contributed by atoms with van der Waals surface area (Å²) in [6.45, 7) is 5.89. The number of hydrogen-bond donors (Lipinski definition) is 0. The Morgan fingerprint density at radius 1 is 1.50 bits per heavy atom. The Bertz CT molecular complexity index is 490. The molecule has 1 aromatic rings. The van der Waals surface area contributed by atoms with Gasteiger partial charge >= 0.3 is 5.97 Å². The SMILES string of the molecule is CCOC(=O)C1N=C(C)OC1c1ccc(C)n1C. The molecule has 1 aliphatic rings. The Morgan fingerprint density at radius 2 is 2.22 bits per heavy atom. The molecule has 0 amide bonds. The largest absolute Gasteiger partial charge is 0.469 e. The first-order chi connectivity index (χ1) is 8.54. The highest BCUT2D eigenvalue weighted by Gasteiger charge is 2.38. The van der Waals surface area contributed by atoms with E-state index in [4.69, 9.17) is 9.47 Å². The number of aromatic nitrogens is 1. The van der Waals surface area contributed by atoms with Gasteiger partial charge in [0.15, 0.2) is 18.0 Å². The Balaban J connectivity index is 2.27. The van der Waals surface area contributed by atoms with Gasteiger partial charge in [0.05, 0.1) is 12.3 Å². The number of carbonyl (C=O) groups excluding carboxylic acids is 1. The third-order valence-corrected chi connectivity index (χ3v) is 3.14. The molecule has 5 heteroatoms. The van der Waals surface area contributed by atoms with E-state index in [0.29, 0.717) is 12.5 Å². The van der Waals surface area contributed by atoms with Crippen molar-refractivity contribution >= 4 is 11.9 Å². The van der Waals surface area contributed by atoms with Crippen LogP contribution in [0.5, 0.6) is 0 Å². The summed E-state index contributed by atoms with van der Waals surface area (Å²) in [5.41, 5.74) is 2.05. The topological polar surface area (TPSA) is 52.8 Å². The van der Waals surface area contributed by atoms with Crippen molar-refractivity contribution in [3.05, 3.63) is 23.5 Å². The van der Waals surface area contributed by atoms with E-state index in [2.05, 4.69) is 4.99 Å². The van der Waals surface area contributed by atoms with Gasteiger partial charge in [-0.1, -0.05) is 0 Å². The molecule has 0 aliphatic carbocycles. The fraction of sp³-hybridized carbons (Fsp3) is 0.538. The van der Waals surface area contributed by atoms with E-state index >= 15 is 0 Å². The lowest BCUT2D eigenvalue weighted by atomic mass is 10.1. The van der Waals surface area contributed by atoms with Crippen LogP contribution in [-0.4, -0.2) is 29.1 Å². The quantitative estimate of drug-likeness (QED) is 0.768. The average Bonchev–Trinajstić information content (AvgIpc) is 2.85. The van der Waals surface area contributed by atoms with Crippen LogP contribution in [0, 0.1) is 6.92 Å². The summed E-state index contributed by atoms with van der Waals surface area (Å²) in [7, 11) is 1.95. The van der Waals surface area contributed by atoms with E-state index in [9.17, 15) is 4.79 Å². The summed E-state index contributed by atoms with van der Waals surface area (Å²) in [4.78, 5) is 16.1. The number of ether oxygens (including phenoxy) is 2. The van der Waals surface area contributed by atoms with Crippen LogP contribution in [0.4, 0.5) is 0 Å². The summed E-state index contributed by atoms with van der Waals surface area (Å²) in [6.07, 6.45) is -0.386. The third kappa shape index (κ3) is 2.12. The number of aryl methyl sites for hydroxylation is 1. The van der Waals surface area contributed by atoms with E-state index in [0.717, 1.165) is 11.4 Å². The number of esters is 1. The van der Waals surface area contributed by atoms with Crippen molar-refractivity contribution in [3.8, 4) is 0 Å². The molecule has 1 aliphatic heterocycles. The van der Waals surface area contributed by atoms with Gasteiger partial charge in [0.25, 0.3) is 0 Å². The van der Waals surface area contributed by atoms with Crippen LogP contribution in [0.25, 0.3) is 0 Å². The van der Waals surface area contributed by atoms with Crippen LogP contribution < -0.4 is 0 Å². The van der Waals surface area contributed by atoms with Crippen LogP contribution in [-0.2, 0) is 21.3 Å². The summed E-state index contributed by atoms with van der Waals surface area (Å²) in [5, 5.41) is 0. The summed E-state index contributed by atoms with van der Waals surface area (Å²) < 4.78 is 12.7. The number of carbonyl (C=O) groups is 1. The highest BCUT2D eigenvalue weighted by atomic mass is 16.5. The maximum absolute atomic E-state index is 11.9. The molecule has 0 N–H and O–H groups in total. The first kappa shape index (κ1) is 12.7. The number of rotatable bonds is 3. The van der Waals surface area contributed by atoms with Crippen LogP contribution in [0.1, 0.15) is 31.3 Å². The third-order valence-electron chi connectivity index (χ3n) is 3.14. The molecular weight excluding hydrogens is 232 g/mol. The molecule has 0 saturated carbocycles. The zero-order chi connectivity index (χ0) is 13.3. The van der Waals surface area contributed by atoms with Crippen molar-refractivity contribution in [2.45, 2.75) is 32.9 Å². The second kappa shape index (κ2) is 4.84. The molecular formula is C13H18N2O3. The maximum Gasteiger partial charge on any atom is 0.335 e. The molecule has 2 unspecified atom stereocenters. The Labute approximate surface area is 106 Å². The van der Waals surface area contributed by atoms with Crippen molar-refractivity contribution in [1.29, 1.82) is 0 Å². The van der Waals surface area contributed by atoms with Crippen molar-refractivity contribution < 1.29 is 14.3 Å². The Morgan fingerprint density at radius 3 is 2.78 bits per heavy atom. The number of nitrogens with zero attached hydrogens (tertiary/aromatic N) is 2. The van der Waals surface area contributed by atoms with Gasteiger partial charge in [-0.05, 0) is 26.0 Å². The smallest absolute Gasteiger partial charge is 0.335 e. The molecule has 5 nitrogen and oxygen atoms in total. The Hall–Kier alpha value is -1.78. The van der Waals surface area contributed by atoms with Gasteiger partial charge in [0, 0.05) is 19.7 Å². The lowest BCUT2D eigenvalue weighted by molar-refractivity contribution is -0.146. The van der Waals surface area contributed by atoms with Gasteiger partial charge in [-0.2, -0.15) is 0 Å². The highest BCUT2D eigenvalue weighted by Crippen LogP contribution is 2.30. The predicted octanol–water partition coefficient (Wildman–Crippen LogP) is 1.75. The minimum Gasteiger partial charge on any atom is -0.469 e. The standard InChI is InChI=1S/C13H18N2O3/c1-5-17-13(16)11-12(18-9(3)14-11)10-7-6-8(2)15(10)4/h6-7,11-12H,5H2,1-4H3. The molecule has 18 heavy (non-hydrogen) atoms. The first-order valence-electron chi connectivity index (χ1n) is 6.04. The molecule has 98 valence electrons. The van der Waals surface area contributed by atoms with E-state index < -0.39 is 6.04 Å². The fourth-order valence-electron chi connectivity index (χ4n) is 2.09. The summed E-state index contributed by atoms with van der Waals surface area (Å²) in [6, 6.07) is 3.35. The van der Waals surface area contributed by atoms with Gasteiger partial charge in [-0.25, -0.2) is 9.79 Å². The van der Waals surface area contributed by atoms with Gasteiger partial charge in [-0.15, -0.1) is 0 Å². The second-order valence-corrected chi connectivity index (χ2v) is 4.34. The van der Waals surface area contributed by atoms with Crippen LogP contribution in [0.15, 0.2) is 17.1 Å². The monoisotopic (exact) mass is 250 g/mol. The van der Waals surface area contributed by atoms with Crippen LogP contribution in [0.2, 0.25) is 0 Å². The Kier molecular flexibility index (Phi) is 3.41. The lowest BCUT2D eigenvalue weighted by Crippen LogP contribution is -2.27. The van der Waals surface area contributed by atoms with Crippen molar-refractivity contribution in [2.75, 3.05) is 6.61 Å². The van der Waals surface area contributed by atoms with E-state index in [1.54, 1.807) is 13.8 Å². The molecule has 0 spiro atoms. The zero-order valence-corrected chi connectivity index (χ0v) is 11.1. The van der Waals surface area contributed by atoms with E-state index in [1.807, 2.05) is 30.7 Å². The normalized spacial score (nSPS) is 22.6. The zero-order valence-electron chi connectivity index (χ0n) is 11.1. The number of aliphatic imine (C=N–C) groups is 1. The van der Waals surface area contributed by atoms with Gasteiger partial charge in [0.2, 0.25) is 0 Å². The molecule has 2 rings (SSSR count). The van der Waals surface area contributed by atoms with Crippen molar-refractivity contribution in [3.63, 3.8) is 0 Å². The lowest BCUT2D eigenvalue weighted by Gasteiger charge is -2.17. The minimum absolute atomic E-state index is 0.335. The van der Waals surface area contributed by atoms with Crippen molar-refractivity contribution in [2.24, 2.45) is 12.0 Å². The van der Waals surface area contributed by atoms with E-state index in [-0.39, 0.29) is 12.1 Å². The minimum atomic E-state index is -0.599. The van der Waals surface area contributed by atoms with Crippen LogP contribution >= 0.6 is 0 Å². The molecule has 2 heterocycles. The molecule has 1 aromatic heterocycles. The van der Waals surface area contributed by atoms with Gasteiger partial charge < -0.3 is 14.0 Å². The summed E-state index contributed by atoms with van der Waals surface area (Å²) >= 11 is 0. The summed E-state index contributed by atoms with van der Waals surface area (Å²) in [5.74, 6) is 0.190. The predicted molar refractivity (Wildman–Crippen MR) is 67.5 cm³/mol. The second-order valence-electron chi connectivity index (χ2n) is 4.34. The molecule has 0 fully saturated rings. The fourth-order valence-corrected chi connectivity index (χ4v) is 2.09. The molecule has 0 aromatic carbocycles. The van der Waals surface area contributed by atoms with Crippen LogP contribution in [0.3, 0.4) is 0 Å². The molecule has 0 radical (unpaired) electrons. The van der Waals surface area contributed by atoms with E-state index in [1.165, 1.54) is 0 Å². The first-order valence-corrected chi connectivity index (χ1v) is 6.04. The van der Waals surface area contributed by atoms with Gasteiger partial charge in [0.1, 0.15) is 0 Å². The van der Waals surface area contributed by atoms with Crippen molar-refractivity contribution in [1.82, 2.24) is 4.57 Å². The number of hydrogen-bond acceptors (Lipinski definition) is 4.